The Morgan fingerprint density at radius 3 is 2.53 bits per heavy atom. The average molecular weight is 234 g/mol. The monoisotopic (exact) mass is 234 g/mol. The van der Waals surface area contributed by atoms with Gasteiger partial charge in [0.05, 0.1) is 10.9 Å². The number of rotatable bonds is 1. The molecule has 0 spiro atoms. The van der Waals surface area contributed by atoms with Crippen LogP contribution in [-0.2, 0) is 0 Å². The van der Waals surface area contributed by atoms with Gasteiger partial charge in [-0.1, -0.05) is 0 Å². The summed E-state index contributed by atoms with van der Waals surface area (Å²) in [5.41, 5.74) is -0.195. The van der Waals surface area contributed by atoms with Gasteiger partial charge in [0.2, 0.25) is 0 Å². The van der Waals surface area contributed by atoms with Crippen LogP contribution in [0.5, 0.6) is 5.75 Å². The van der Waals surface area contributed by atoms with E-state index in [-0.39, 0.29) is 27.7 Å². The number of phenolic OH excluding ortho intramolecular Hbond substituents is 1. The number of aromatic hydroxyl groups is 1. The van der Waals surface area contributed by atoms with Gasteiger partial charge in [-0.3, -0.25) is 4.79 Å². The highest BCUT2D eigenvalue weighted by atomic mass is 16.4. The molecule has 0 saturated heterocycles. The normalized spacial score (nSPS) is 10.7. The van der Waals surface area contributed by atoms with Gasteiger partial charge in [-0.05, 0) is 19.9 Å². The molecule has 0 atom stereocenters. The van der Waals surface area contributed by atoms with Crippen LogP contribution in [0.2, 0.25) is 0 Å². The van der Waals surface area contributed by atoms with E-state index < -0.39 is 5.97 Å². The molecule has 0 unspecified atom stereocenters. The summed E-state index contributed by atoms with van der Waals surface area (Å²) in [5.74, 6) is -1.12. The van der Waals surface area contributed by atoms with Crippen molar-refractivity contribution in [3.8, 4) is 5.75 Å². The molecule has 88 valence electrons. The Labute approximate surface area is 95.9 Å². The van der Waals surface area contributed by atoms with E-state index in [0.717, 1.165) is 6.07 Å². The molecule has 1 aromatic heterocycles. The zero-order valence-corrected chi connectivity index (χ0v) is 9.27. The van der Waals surface area contributed by atoms with E-state index in [0.29, 0.717) is 11.3 Å². The third-order valence-corrected chi connectivity index (χ3v) is 2.68. The van der Waals surface area contributed by atoms with Crippen LogP contribution in [0.15, 0.2) is 21.3 Å². The van der Waals surface area contributed by atoms with Crippen LogP contribution in [0.25, 0.3) is 11.0 Å². The standard InChI is InChI=1S/C12H10O5/c1-5-6(2)17-9-4-7(13)3-8(12(15)16)10(9)11(5)14/h3-4,13H,1-2H3,(H,15,16). The number of carbonyl (C=O) groups is 1. The molecule has 0 fully saturated rings. The molecule has 0 bridgehead atoms. The Morgan fingerprint density at radius 1 is 1.29 bits per heavy atom. The lowest BCUT2D eigenvalue weighted by Gasteiger charge is -2.06. The molecule has 0 saturated carbocycles. The van der Waals surface area contributed by atoms with Gasteiger partial charge in [-0.2, -0.15) is 0 Å². The van der Waals surface area contributed by atoms with Crippen molar-refractivity contribution in [2.75, 3.05) is 0 Å². The van der Waals surface area contributed by atoms with Gasteiger partial charge < -0.3 is 14.6 Å². The number of aromatic carboxylic acids is 1. The van der Waals surface area contributed by atoms with Crippen molar-refractivity contribution in [3.63, 3.8) is 0 Å². The second-order valence-electron chi connectivity index (χ2n) is 3.78. The third kappa shape index (κ3) is 1.65. The Hall–Kier alpha value is -2.30. The Balaban J connectivity index is 3.07. The summed E-state index contributed by atoms with van der Waals surface area (Å²) in [4.78, 5) is 23.0. The number of benzene rings is 1. The first kappa shape index (κ1) is 11.2. The van der Waals surface area contributed by atoms with Crippen molar-refractivity contribution >= 4 is 16.9 Å². The molecule has 1 aromatic carbocycles. The summed E-state index contributed by atoms with van der Waals surface area (Å²) in [5, 5.41) is 18.4. The predicted octanol–water partition coefficient (Wildman–Crippen LogP) is 1.81. The smallest absolute Gasteiger partial charge is 0.336 e. The highest BCUT2D eigenvalue weighted by molar-refractivity contribution is 6.02. The fourth-order valence-corrected chi connectivity index (χ4v) is 1.67. The largest absolute Gasteiger partial charge is 0.508 e. The molecule has 0 aliphatic carbocycles. The highest BCUT2D eigenvalue weighted by Gasteiger charge is 2.17. The van der Waals surface area contributed by atoms with Crippen molar-refractivity contribution in [1.29, 1.82) is 0 Å². The van der Waals surface area contributed by atoms with E-state index in [1.54, 1.807) is 13.8 Å². The summed E-state index contributed by atoms with van der Waals surface area (Å²) >= 11 is 0. The minimum atomic E-state index is -1.28. The van der Waals surface area contributed by atoms with Gasteiger partial charge in [0, 0.05) is 11.6 Å². The lowest BCUT2D eigenvalue weighted by atomic mass is 10.1. The van der Waals surface area contributed by atoms with E-state index in [1.165, 1.54) is 6.07 Å². The lowest BCUT2D eigenvalue weighted by Crippen LogP contribution is -2.12. The fourth-order valence-electron chi connectivity index (χ4n) is 1.67. The summed E-state index contributed by atoms with van der Waals surface area (Å²) in [6.07, 6.45) is 0. The van der Waals surface area contributed by atoms with Gasteiger partial charge in [-0.15, -0.1) is 0 Å². The second-order valence-corrected chi connectivity index (χ2v) is 3.78. The highest BCUT2D eigenvalue weighted by Crippen LogP contribution is 2.24. The van der Waals surface area contributed by atoms with Crippen molar-refractivity contribution in [3.05, 3.63) is 39.2 Å². The Morgan fingerprint density at radius 2 is 1.94 bits per heavy atom. The Bertz CT molecular complexity index is 681. The lowest BCUT2D eigenvalue weighted by molar-refractivity contribution is 0.0698. The molecule has 0 amide bonds. The van der Waals surface area contributed by atoms with Crippen LogP contribution in [0.3, 0.4) is 0 Å². The van der Waals surface area contributed by atoms with E-state index in [4.69, 9.17) is 9.52 Å². The molecule has 0 radical (unpaired) electrons. The fraction of sp³-hybridized carbons (Fsp3) is 0.167. The quantitative estimate of drug-likeness (QED) is 0.785. The number of carboxylic acid groups (broad SMARTS) is 1. The average Bonchev–Trinajstić information content (AvgIpc) is 2.24. The first-order chi connectivity index (χ1) is 7.91. The van der Waals surface area contributed by atoms with Crippen molar-refractivity contribution in [2.24, 2.45) is 0 Å². The number of hydrogen-bond donors (Lipinski definition) is 2. The van der Waals surface area contributed by atoms with Gasteiger partial charge in [0.1, 0.15) is 17.1 Å². The van der Waals surface area contributed by atoms with Crippen molar-refractivity contribution in [2.45, 2.75) is 13.8 Å². The van der Waals surface area contributed by atoms with Crippen LogP contribution < -0.4 is 5.43 Å². The van der Waals surface area contributed by atoms with Crippen LogP contribution >= 0.6 is 0 Å². The number of phenols is 1. The molecule has 5 heteroatoms. The number of fused-ring (bicyclic) bond motifs is 1. The summed E-state index contributed by atoms with van der Waals surface area (Å²) in [6, 6.07) is 2.27. The maximum absolute atomic E-state index is 12.0. The minimum Gasteiger partial charge on any atom is -0.508 e. The third-order valence-electron chi connectivity index (χ3n) is 2.68. The SMILES string of the molecule is Cc1oc2cc(O)cc(C(=O)O)c2c(=O)c1C. The first-order valence-electron chi connectivity index (χ1n) is 4.92. The number of aryl methyl sites for hydroxylation is 1. The van der Waals surface area contributed by atoms with E-state index in [9.17, 15) is 14.7 Å². The van der Waals surface area contributed by atoms with E-state index in [1.807, 2.05) is 0 Å². The zero-order chi connectivity index (χ0) is 12.7. The topological polar surface area (TPSA) is 87.7 Å². The molecular formula is C12H10O5. The Kier molecular flexibility index (Phi) is 2.38. The minimum absolute atomic E-state index is 0.0154. The van der Waals surface area contributed by atoms with Crippen LogP contribution in [-0.4, -0.2) is 16.2 Å². The number of hydrogen-bond acceptors (Lipinski definition) is 4. The van der Waals surface area contributed by atoms with Gasteiger partial charge in [0.25, 0.3) is 0 Å². The maximum atomic E-state index is 12.0. The first-order valence-corrected chi connectivity index (χ1v) is 4.92. The molecule has 5 nitrogen and oxygen atoms in total. The molecule has 2 aromatic rings. The summed E-state index contributed by atoms with van der Waals surface area (Å²) in [6.45, 7) is 3.18. The van der Waals surface area contributed by atoms with E-state index in [2.05, 4.69) is 0 Å². The molecule has 2 N–H and O–H groups in total. The molecule has 0 aliphatic rings. The second kappa shape index (κ2) is 3.62. The van der Waals surface area contributed by atoms with E-state index >= 15 is 0 Å². The predicted molar refractivity (Wildman–Crippen MR) is 60.6 cm³/mol. The molecule has 2 rings (SSSR count). The maximum Gasteiger partial charge on any atom is 0.336 e. The summed E-state index contributed by atoms with van der Waals surface area (Å²) < 4.78 is 5.32. The van der Waals surface area contributed by atoms with Crippen molar-refractivity contribution < 1.29 is 19.4 Å². The molecular weight excluding hydrogens is 224 g/mol. The summed E-state index contributed by atoms with van der Waals surface area (Å²) in [7, 11) is 0. The zero-order valence-electron chi connectivity index (χ0n) is 9.27. The van der Waals surface area contributed by atoms with Gasteiger partial charge in [0.15, 0.2) is 5.43 Å². The van der Waals surface area contributed by atoms with Crippen LogP contribution in [0, 0.1) is 13.8 Å². The molecule has 0 aliphatic heterocycles. The van der Waals surface area contributed by atoms with Crippen molar-refractivity contribution in [1.82, 2.24) is 0 Å². The van der Waals surface area contributed by atoms with Gasteiger partial charge in [-0.25, -0.2) is 4.79 Å². The number of carboxylic acids is 1. The van der Waals surface area contributed by atoms with Crippen LogP contribution in [0.1, 0.15) is 21.7 Å². The van der Waals surface area contributed by atoms with Crippen LogP contribution in [0.4, 0.5) is 0 Å². The molecule has 1 heterocycles. The molecule has 17 heavy (non-hydrogen) atoms. The van der Waals surface area contributed by atoms with Gasteiger partial charge >= 0.3 is 5.97 Å².